The predicted molar refractivity (Wildman–Crippen MR) is 73.0 cm³/mol. The van der Waals surface area contributed by atoms with E-state index in [1.54, 1.807) is 33.3 Å². The number of ether oxygens (including phenoxy) is 1. The van der Waals surface area contributed by atoms with Gasteiger partial charge in [-0.2, -0.15) is 5.10 Å². The number of anilines is 1. The molecule has 0 aliphatic heterocycles. The van der Waals surface area contributed by atoms with Gasteiger partial charge in [0.15, 0.2) is 0 Å². The maximum Gasteiger partial charge on any atom is 0.341 e. The second-order valence-electron chi connectivity index (χ2n) is 4.30. The first kappa shape index (κ1) is 13.9. The first-order chi connectivity index (χ1) is 9.52. The zero-order chi connectivity index (χ0) is 14.7. The fourth-order valence-corrected chi connectivity index (χ4v) is 1.97. The van der Waals surface area contributed by atoms with Crippen LogP contribution in [0.2, 0.25) is 0 Å². The summed E-state index contributed by atoms with van der Waals surface area (Å²) in [5, 5.41) is 16.4. The molecule has 0 amide bonds. The van der Waals surface area contributed by atoms with Crippen LogP contribution in [0, 0.1) is 6.92 Å². The number of nitrogens with one attached hydrogen (secondary N) is 1. The number of carboxylic acids is 1. The van der Waals surface area contributed by atoms with Crippen LogP contribution in [0.3, 0.4) is 0 Å². The number of pyridine rings is 1. The Morgan fingerprint density at radius 3 is 2.95 bits per heavy atom. The molecule has 2 rings (SSSR count). The lowest BCUT2D eigenvalue weighted by molar-refractivity contribution is 0.0697. The number of hydrogen-bond acceptors (Lipinski definition) is 5. The molecular weight excluding hydrogens is 260 g/mol. The van der Waals surface area contributed by atoms with Gasteiger partial charge >= 0.3 is 5.97 Å². The molecule has 2 aromatic rings. The van der Waals surface area contributed by atoms with Gasteiger partial charge in [-0.1, -0.05) is 0 Å². The summed E-state index contributed by atoms with van der Waals surface area (Å²) in [4.78, 5) is 15.3. The maximum absolute atomic E-state index is 11.2. The summed E-state index contributed by atoms with van der Waals surface area (Å²) in [5.74, 6) is 0.000123. The van der Waals surface area contributed by atoms with Crippen molar-refractivity contribution in [2.75, 3.05) is 12.4 Å². The van der Waals surface area contributed by atoms with Gasteiger partial charge in [0.25, 0.3) is 0 Å². The Kier molecular flexibility index (Phi) is 3.88. The summed E-state index contributed by atoms with van der Waals surface area (Å²) in [6, 6.07) is 3.62. The zero-order valence-electron chi connectivity index (χ0n) is 11.5. The van der Waals surface area contributed by atoms with Crippen molar-refractivity contribution < 1.29 is 14.6 Å². The minimum absolute atomic E-state index is 0.188. The van der Waals surface area contributed by atoms with Crippen molar-refractivity contribution >= 4 is 11.8 Å². The normalized spacial score (nSPS) is 10.3. The largest absolute Gasteiger partial charge is 0.481 e. The van der Waals surface area contributed by atoms with Crippen LogP contribution in [0.4, 0.5) is 5.82 Å². The van der Waals surface area contributed by atoms with Gasteiger partial charge in [0.1, 0.15) is 11.4 Å². The molecule has 2 N–H and O–H groups in total. The first-order valence-electron chi connectivity index (χ1n) is 6.02. The van der Waals surface area contributed by atoms with Gasteiger partial charge in [-0.05, 0) is 18.6 Å². The molecule has 0 atom stereocenters. The lowest BCUT2D eigenvalue weighted by atomic mass is 10.2. The molecule has 0 saturated carbocycles. The van der Waals surface area contributed by atoms with Gasteiger partial charge in [0.2, 0.25) is 5.88 Å². The highest BCUT2D eigenvalue weighted by atomic mass is 16.5. The molecular formula is C13H16N4O3. The Balaban J connectivity index is 2.20. The fourth-order valence-electron chi connectivity index (χ4n) is 1.97. The highest BCUT2D eigenvalue weighted by molar-refractivity contribution is 5.94. The minimum atomic E-state index is -0.995. The molecule has 0 unspecified atom stereocenters. The molecule has 7 heteroatoms. The molecule has 0 spiro atoms. The fraction of sp³-hybridized carbons (Fsp3) is 0.308. The Morgan fingerprint density at radius 2 is 2.30 bits per heavy atom. The van der Waals surface area contributed by atoms with Crippen molar-refractivity contribution in [3.8, 4) is 5.88 Å². The minimum Gasteiger partial charge on any atom is -0.481 e. The van der Waals surface area contributed by atoms with E-state index in [1.165, 1.54) is 4.68 Å². The highest BCUT2D eigenvalue weighted by Crippen LogP contribution is 2.20. The van der Waals surface area contributed by atoms with E-state index in [-0.39, 0.29) is 5.56 Å². The van der Waals surface area contributed by atoms with Gasteiger partial charge in [-0.15, -0.1) is 0 Å². The third kappa shape index (κ3) is 2.71. The molecule has 7 nitrogen and oxygen atoms in total. The zero-order valence-corrected chi connectivity index (χ0v) is 11.5. The van der Waals surface area contributed by atoms with Gasteiger partial charge < -0.3 is 15.2 Å². The summed E-state index contributed by atoms with van der Waals surface area (Å²) in [6.07, 6.45) is 1.64. The second kappa shape index (κ2) is 5.60. The van der Waals surface area contributed by atoms with E-state index < -0.39 is 5.97 Å². The van der Waals surface area contributed by atoms with E-state index in [4.69, 9.17) is 4.74 Å². The average molecular weight is 276 g/mol. The number of aromatic nitrogens is 3. The molecule has 0 bridgehead atoms. The van der Waals surface area contributed by atoms with Crippen LogP contribution in [0.1, 0.15) is 21.6 Å². The molecule has 2 aromatic heterocycles. The predicted octanol–water partition coefficient (Wildman–Crippen LogP) is 1.44. The Morgan fingerprint density at radius 1 is 1.55 bits per heavy atom. The van der Waals surface area contributed by atoms with Crippen molar-refractivity contribution in [3.63, 3.8) is 0 Å². The smallest absolute Gasteiger partial charge is 0.341 e. The Labute approximate surface area is 116 Å². The Hall–Kier alpha value is -2.57. The molecule has 0 radical (unpaired) electrons. The second-order valence-corrected chi connectivity index (χ2v) is 4.30. The van der Waals surface area contributed by atoms with Gasteiger partial charge in [0.05, 0.1) is 12.8 Å². The number of rotatable bonds is 5. The molecule has 0 saturated heterocycles. The van der Waals surface area contributed by atoms with Gasteiger partial charge in [-0.3, -0.25) is 4.68 Å². The van der Waals surface area contributed by atoms with E-state index in [0.29, 0.717) is 23.9 Å². The standard InChI is InChI=1S/C13H16N4O3/c1-8-11(13(18)19)12(17(2)16-8)15-7-9-4-5-14-10(6-9)20-3/h4-6,15H,7H2,1-3H3,(H,18,19). The third-order valence-electron chi connectivity index (χ3n) is 2.90. The van der Waals surface area contributed by atoms with Crippen LogP contribution < -0.4 is 10.1 Å². The lowest BCUT2D eigenvalue weighted by Gasteiger charge is -2.08. The number of methoxy groups -OCH3 is 1. The summed E-state index contributed by atoms with van der Waals surface area (Å²) >= 11 is 0. The van der Waals surface area contributed by atoms with E-state index >= 15 is 0 Å². The van der Waals surface area contributed by atoms with Crippen molar-refractivity contribution in [1.82, 2.24) is 14.8 Å². The molecule has 20 heavy (non-hydrogen) atoms. The number of nitrogens with zero attached hydrogens (tertiary/aromatic N) is 3. The number of aromatic carboxylic acids is 1. The van der Waals surface area contributed by atoms with E-state index in [1.807, 2.05) is 6.07 Å². The Bertz CT molecular complexity index is 637. The maximum atomic E-state index is 11.2. The van der Waals surface area contributed by atoms with Crippen LogP contribution >= 0.6 is 0 Å². The first-order valence-corrected chi connectivity index (χ1v) is 6.02. The van der Waals surface area contributed by atoms with Crippen LogP contribution in [-0.4, -0.2) is 33.0 Å². The molecule has 0 aliphatic rings. The molecule has 0 fully saturated rings. The number of aryl methyl sites for hydroxylation is 2. The summed E-state index contributed by atoms with van der Waals surface area (Å²) < 4.78 is 6.57. The number of carbonyl (C=O) groups is 1. The monoisotopic (exact) mass is 276 g/mol. The summed E-state index contributed by atoms with van der Waals surface area (Å²) in [5.41, 5.74) is 1.61. The third-order valence-corrected chi connectivity index (χ3v) is 2.90. The topological polar surface area (TPSA) is 89.3 Å². The van der Waals surface area contributed by atoms with Crippen molar-refractivity contribution in [1.29, 1.82) is 0 Å². The van der Waals surface area contributed by atoms with Gasteiger partial charge in [0, 0.05) is 25.9 Å². The average Bonchev–Trinajstić information content (AvgIpc) is 2.71. The van der Waals surface area contributed by atoms with Crippen LogP contribution in [0.25, 0.3) is 0 Å². The molecule has 0 aliphatic carbocycles. The van der Waals surface area contributed by atoms with Crippen molar-refractivity contribution in [3.05, 3.63) is 35.2 Å². The number of hydrogen-bond donors (Lipinski definition) is 2. The quantitative estimate of drug-likeness (QED) is 0.859. The molecule has 2 heterocycles. The van der Waals surface area contributed by atoms with E-state index in [0.717, 1.165) is 5.56 Å². The van der Waals surface area contributed by atoms with Crippen molar-refractivity contribution in [2.45, 2.75) is 13.5 Å². The molecule has 0 aromatic carbocycles. The van der Waals surface area contributed by atoms with Gasteiger partial charge in [-0.25, -0.2) is 9.78 Å². The van der Waals surface area contributed by atoms with Crippen molar-refractivity contribution in [2.24, 2.45) is 7.05 Å². The number of carboxylic acid groups (broad SMARTS) is 1. The molecule has 106 valence electrons. The van der Waals surface area contributed by atoms with Crippen LogP contribution in [0.15, 0.2) is 18.3 Å². The van der Waals surface area contributed by atoms with E-state index in [9.17, 15) is 9.90 Å². The van der Waals surface area contributed by atoms with Crippen LogP contribution in [0.5, 0.6) is 5.88 Å². The summed E-state index contributed by atoms with van der Waals surface area (Å²) in [7, 11) is 3.25. The summed E-state index contributed by atoms with van der Waals surface area (Å²) in [6.45, 7) is 2.13. The van der Waals surface area contributed by atoms with Crippen LogP contribution in [-0.2, 0) is 13.6 Å². The lowest BCUT2D eigenvalue weighted by Crippen LogP contribution is -2.09. The SMILES string of the molecule is COc1cc(CNc2c(C(=O)O)c(C)nn2C)ccn1. The highest BCUT2D eigenvalue weighted by Gasteiger charge is 2.19. The van der Waals surface area contributed by atoms with E-state index in [2.05, 4.69) is 15.4 Å².